The second-order valence-corrected chi connectivity index (χ2v) is 7.68. The number of hydrogen-bond donors (Lipinski definition) is 2. The molecule has 26 heavy (non-hydrogen) atoms. The zero-order valence-electron chi connectivity index (χ0n) is 16.8. The summed E-state index contributed by atoms with van der Waals surface area (Å²) in [7, 11) is 0. The molecule has 0 radical (unpaired) electrons. The van der Waals surface area contributed by atoms with Gasteiger partial charge in [0.15, 0.2) is 11.1 Å². The van der Waals surface area contributed by atoms with E-state index in [1.807, 2.05) is 12.1 Å². The first-order valence-corrected chi connectivity index (χ1v) is 9.78. The summed E-state index contributed by atoms with van der Waals surface area (Å²) in [6.07, 6.45) is 8.06. The minimum Gasteiger partial charge on any atom is -0.481 e. The molecule has 6 nitrogen and oxygen atoms in total. The second-order valence-electron chi connectivity index (χ2n) is 7.32. The van der Waals surface area contributed by atoms with Gasteiger partial charge in [0, 0.05) is 5.75 Å². The smallest absolute Gasteiger partial charge is 0.307 e. The van der Waals surface area contributed by atoms with E-state index in [0.717, 1.165) is 19.3 Å². The third-order valence-electron chi connectivity index (χ3n) is 3.57. The number of thiol groups is 1. The van der Waals surface area contributed by atoms with Gasteiger partial charge in [0.2, 0.25) is 0 Å². The average molecular weight is 383 g/mol. The summed E-state index contributed by atoms with van der Waals surface area (Å²) in [6, 6.07) is 3.94. The molecule has 0 aromatic rings. The molecule has 0 heterocycles. The molecule has 0 aliphatic rings. The molecule has 0 aliphatic heterocycles. The van der Waals surface area contributed by atoms with Crippen LogP contribution in [0.3, 0.4) is 0 Å². The van der Waals surface area contributed by atoms with Gasteiger partial charge in [0.25, 0.3) is 0 Å². The number of carboxylic acids is 1. The van der Waals surface area contributed by atoms with Crippen LogP contribution in [0, 0.1) is 28.6 Å². The summed E-state index contributed by atoms with van der Waals surface area (Å²) >= 11 is 4.03. The Morgan fingerprint density at radius 3 is 1.77 bits per heavy atom. The van der Waals surface area contributed by atoms with Crippen molar-refractivity contribution in [1.82, 2.24) is 0 Å². The SMILES string of the molecule is CC(C)(C#N)N=NC(C)(C)C#N.CCCCCCCCC(CS)C(=O)O. The molecule has 7 heteroatoms. The van der Waals surface area contributed by atoms with Gasteiger partial charge in [-0.15, -0.1) is 0 Å². The molecule has 0 aromatic carbocycles. The maximum atomic E-state index is 10.6. The fraction of sp³-hybridized carbons (Fsp3) is 0.842. The lowest BCUT2D eigenvalue weighted by Gasteiger charge is -2.11. The maximum Gasteiger partial charge on any atom is 0.307 e. The highest BCUT2D eigenvalue weighted by Gasteiger charge is 2.19. The van der Waals surface area contributed by atoms with Crippen LogP contribution in [0.1, 0.15) is 79.6 Å². The molecule has 0 aliphatic carbocycles. The standard InChI is InChI=1S/C11H22O2S.C8H12N4/c1-2-3-4-5-6-7-8-10(9-14)11(12)13;1-7(2,5-9)11-12-8(3,4)6-10/h10,14H,2-9H2,1H3,(H,12,13);1-4H3. The zero-order valence-corrected chi connectivity index (χ0v) is 17.7. The summed E-state index contributed by atoms with van der Waals surface area (Å²) in [5, 5.41) is 33.4. The highest BCUT2D eigenvalue weighted by molar-refractivity contribution is 7.80. The fourth-order valence-corrected chi connectivity index (χ4v) is 2.10. The van der Waals surface area contributed by atoms with Crippen molar-refractivity contribution in [3.05, 3.63) is 0 Å². The number of nitriles is 2. The lowest BCUT2D eigenvalue weighted by atomic mass is 10.0. The van der Waals surface area contributed by atoms with E-state index in [1.54, 1.807) is 27.7 Å². The van der Waals surface area contributed by atoms with E-state index >= 15 is 0 Å². The number of azo groups is 1. The van der Waals surface area contributed by atoms with Gasteiger partial charge >= 0.3 is 5.97 Å². The molecule has 0 bridgehead atoms. The van der Waals surface area contributed by atoms with Gasteiger partial charge in [-0.2, -0.15) is 33.4 Å². The van der Waals surface area contributed by atoms with Crippen molar-refractivity contribution >= 4 is 18.6 Å². The van der Waals surface area contributed by atoms with Crippen LogP contribution in [-0.4, -0.2) is 27.9 Å². The molecule has 0 rings (SSSR count). The van der Waals surface area contributed by atoms with Crippen molar-refractivity contribution in [3.8, 4) is 12.1 Å². The lowest BCUT2D eigenvalue weighted by Crippen LogP contribution is -2.17. The van der Waals surface area contributed by atoms with Gasteiger partial charge < -0.3 is 5.11 Å². The van der Waals surface area contributed by atoms with E-state index in [4.69, 9.17) is 15.6 Å². The van der Waals surface area contributed by atoms with Gasteiger partial charge in [-0.25, -0.2) is 0 Å². The maximum absolute atomic E-state index is 10.6. The summed E-state index contributed by atoms with van der Waals surface area (Å²) in [4.78, 5) is 10.6. The molecule has 0 spiro atoms. The zero-order chi connectivity index (χ0) is 20.6. The van der Waals surface area contributed by atoms with Crippen molar-refractivity contribution < 1.29 is 9.90 Å². The van der Waals surface area contributed by atoms with E-state index in [9.17, 15) is 4.79 Å². The number of nitrogens with zero attached hydrogens (tertiary/aromatic N) is 4. The van der Waals surface area contributed by atoms with Crippen LogP contribution < -0.4 is 0 Å². The number of carbonyl (C=O) groups is 1. The molecule has 0 amide bonds. The van der Waals surface area contributed by atoms with E-state index in [-0.39, 0.29) is 5.92 Å². The molecular formula is C19H34N4O2S. The number of carboxylic acid groups (broad SMARTS) is 1. The lowest BCUT2D eigenvalue weighted by molar-refractivity contribution is -0.141. The normalized spacial score (nSPS) is 12.6. The van der Waals surface area contributed by atoms with Crippen molar-refractivity contribution in [2.45, 2.75) is 90.6 Å². The Bertz CT molecular complexity index is 477. The Balaban J connectivity index is 0. The van der Waals surface area contributed by atoms with Crippen LogP contribution in [0.2, 0.25) is 0 Å². The topological polar surface area (TPSA) is 110 Å². The predicted molar refractivity (Wildman–Crippen MR) is 107 cm³/mol. The Morgan fingerprint density at radius 1 is 1.00 bits per heavy atom. The number of aliphatic carboxylic acids is 1. The van der Waals surface area contributed by atoms with E-state index in [1.165, 1.54) is 25.7 Å². The Hall–Kier alpha value is -1.60. The van der Waals surface area contributed by atoms with Gasteiger partial charge in [-0.1, -0.05) is 45.4 Å². The van der Waals surface area contributed by atoms with Crippen LogP contribution in [-0.2, 0) is 4.79 Å². The highest BCUT2D eigenvalue weighted by atomic mass is 32.1. The van der Waals surface area contributed by atoms with Crippen molar-refractivity contribution in [2.24, 2.45) is 16.1 Å². The molecule has 1 N–H and O–H groups in total. The molecule has 0 saturated heterocycles. The number of unbranched alkanes of at least 4 members (excludes halogenated alkanes) is 5. The van der Waals surface area contributed by atoms with Crippen molar-refractivity contribution in [1.29, 1.82) is 10.5 Å². The van der Waals surface area contributed by atoms with Gasteiger partial charge in [0.05, 0.1) is 18.1 Å². The predicted octanol–water partition coefficient (Wildman–Crippen LogP) is 5.41. The first-order chi connectivity index (χ1) is 12.0. The number of rotatable bonds is 11. The Labute approximate surface area is 164 Å². The summed E-state index contributed by atoms with van der Waals surface area (Å²) in [5.74, 6) is -0.484. The first-order valence-electron chi connectivity index (χ1n) is 9.15. The van der Waals surface area contributed by atoms with Crippen LogP contribution in [0.15, 0.2) is 10.2 Å². The molecule has 0 saturated carbocycles. The van der Waals surface area contributed by atoms with Crippen LogP contribution in [0.5, 0.6) is 0 Å². The molecule has 0 fully saturated rings. The second kappa shape index (κ2) is 14.6. The summed E-state index contributed by atoms with van der Waals surface area (Å²) in [5.41, 5.74) is -1.68. The fourth-order valence-electron chi connectivity index (χ4n) is 1.76. The molecule has 0 aromatic heterocycles. The van der Waals surface area contributed by atoms with E-state index in [2.05, 4.69) is 29.8 Å². The van der Waals surface area contributed by atoms with Crippen LogP contribution >= 0.6 is 12.6 Å². The molecule has 1 unspecified atom stereocenters. The van der Waals surface area contributed by atoms with Crippen LogP contribution in [0.4, 0.5) is 0 Å². The Morgan fingerprint density at radius 2 is 1.42 bits per heavy atom. The van der Waals surface area contributed by atoms with E-state index < -0.39 is 17.0 Å². The van der Waals surface area contributed by atoms with Gasteiger partial charge in [0.1, 0.15) is 0 Å². The summed E-state index contributed by atoms with van der Waals surface area (Å²) in [6.45, 7) is 8.77. The molecular weight excluding hydrogens is 348 g/mol. The van der Waals surface area contributed by atoms with Crippen molar-refractivity contribution in [2.75, 3.05) is 5.75 Å². The molecule has 148 valence electrons. The molecule has 1 atom stereocenters. The third-order valence-corrected chi connectivity index (χ3v) is 4.01. The third kappa shape index (κ3) is 15.9. The minimum absolute atomic E-state index is 0.246. The largest absolute Gasteiger partial charge is 0.481 e. The minimum atomic E-state index is -0.839. The van der Waals surface area contributed by atoms with Crippen LogP contribution in [0.25, 0.3) is 0 Å². The van der Waals surface area contributed by atoms with Gasteiger partial charge in [-0.05, 0) is 34.1 Å². The first kappa shape index (κ1) is 26.6. The quantitative estimate of drug-likeness (QED) is 0.283. The monoisotopic (exact) mass is 382 g/mol. The number of hydrogen-bond acceptors (Lipinski definition) is 6. The average Bonchev–Trinajstić information content (AvgIpc) is 2.60. The highest BCUT2D eigenvalue weighted by Crippen LogP contribution is 2.14. The summed E-state index contributed by atoms with van der Waals surface area (Å²) < 4.78 is 0. The van der Waals surface area contributed by atoms with Crippen molar-refractivity contribution in [3.63, 3.8) is 0 Å². The Kier molecular flexibility index (Phi) is 14.9. The van der Waals surface area contributed by atoms with E-state index in [0.29, 0.717) is 5.75 Å². The van der Waals surface area contributed by atoms with Gasteiger partial charge in [-0.3, -0.25) is 4.79 Å².